The van der Waals surface area contributed by atoms with E-state index in [2.05, 4.69) is 27.0 Å². The largest absolute Gasteiger partial charge is 0.257 e. The molecule has 5 heterocycles. The fraction of sp³-hybridized carbons (Fsp3) is 0.182. The van der Waals surface area contributed by atoms with E-state index in [-0.39, 0.29) is 0 Å². The van der Waals surface area contributed by atoms with Crippen molar-refractivity contribution in [1.82, 2.24) is 34.7 Å². The molecule has 0 aliphatic rings. The summed E-state index contributed by atoms with van der Waals surface area (Å²) in [7, 11) is 0. The highest BCUT2D eigenvalue weighted by Gasteiger charge is 2.17. The lowest BCUT2D eigenvalue weighted by Crippen LogP contribution is -2.10. The second-order valence-electron chi connectivity index (χ2n) is 6.86. The number of hydrogen-bond donors (Lipinski definition) is 0. The van der Waals surface area contributed by atoms with Crippen LogP contribution in [0.5, 0.6) is 0 Å². The van der Waals surface area contributed by atoms with Gasteiger partial charge in [0.05, 0.1) is 28.8 Å². The van der Waals surface area contributed by atoms with Crippen molar-refractivity contribution >= 4 is 22.7 Å². The van der Waals surface area contributed by atoms with Gasteiger partial charge in [-0.25, -0.2) is 24.6 Å². The predicted molar refractivity (Wildman–Crippen MR) is 122 cm³/mol. The number of nitrogens with zero attached hydrogens (tertiary/aromatic N) is 7. The molecule has 0 aliphatic heterocycles. The molecule has 0 saturated heterocycles. The molecule has 0 aromatic carbocycles. The fourth-order valence-corrected chi connectivity index (χ4v) is 4.66. The first-order valence-electron chi connectivity index (χ1n) is 9.96. The molecule has 5 aromatic heterocycles. The third-order valence-corrected chi connectivity index (χ3v) is 6.39. The lowest BCUT2D eigenvalue weighted by molar-refractivity contribution is 0.777. The van der Waals surface area contributed by atoms with E-state index >= 15 is 0 Å². The van der Waals surface area contributed by atoms with Crippen LogP contribution in [0, 0.1) is 0 Å². The summed E-state index contributed by atoms with van der Waals surface area (Å²) in [6.45, 7) is 2.15. The van der Waals surface area contributed by atoms with Gasteiger partial charge in [-0.3, -0.25) is 4.98 Å². The molecule has 0 aliphatic carbocycles. The van der Waals surface area contributed by atoms with Crippen LogP contribution in [0.3, 0.4) is 0 Å². The number of hydrogen-bond acceptors (Lipinski definition) is 8. The fourth-order valence-electron chi connectivity index (χ4n) is 3.41. The maximum absolute atomic E-state index is 4.88. The van der Waals surface area contributed by atoms with Gasteiger partial charge in [0.15, 0.2) is 5.82 Å². The van der Waals surface area contributed by atoms with Gasteiger partial charge in [0, 0.05) is 42.0 Å². The average molecular weight is 446 g/mol. The number of rotatable bonds is 7. The van der Waals surface area contributed by atoms with E-state index in [0.29, 0.717) is 6.42 Å². The summed E-state index contributed by atoms with van der Waals surface area (Å²) in [6, 6.07) is 5.95. The molecule has 5 aromatic rings. The van der Waals surface area contributed by atoms with Gasteiger partial charge in [-0.2, -0.15) is 5.10 Å². The van der Waals surface area contributed by atoms with Crippen LogP contribution >= 0.6 is 22.7 Å². The predicted octanol–water partition coefficient (Wildman–Crippen LogP) is 4.85. The summed E-state index contributed by atoms with van der Waals surface area (Å²) >= 11 is 3.16. The minimum atomic E-state index is 0.619. The third kappa shape index (κ3) is 4.01. The zero-order chi connectivity index (χ0) is 21.0. The Morgan fingerprint density at radius 1 is 0.871 bits per heavy atom. The Kier molecular flexibility index (Phi) is 5.59. The maximum Gasteiger partial charge on any atom is 0.163 e. The molecule has 5 rings (SSSR count). The summed E-state index contributed by atoms with van der Waals surface area (Å²) in [5.41, 5.74) is 4.75. The monoisotopic (exact) mass is 445 g/mol. The number of thiazole rings is 2. The van der Waals surface area contributed by atoms with Crippen LogP contribution in [-0.4, -0.2) is 34.7 Å². The van der Waals surface area contributed by atoms with Crippen molar-refractivity contribution in [3.63, 3.8) is 0 Å². The Labute approximate surface area is 187 Å². The van der Waals surface area contributed by atoms with Crippen molar-refractivity contribution in [3.05, 3.63) is 77.0 Å². The topological polar surface area (TPSA) is 82.3 Å². The zero-order valence-corrected chi connectivity index (χ0v) is 18.5. The Bertz CT molecular complexity index is 1280. The van der Waals surface area contributed by atoms with E-state index in [1.54, 1.807) is 47.5 Å². The van der Waals surface area contributed by atoms with E-state index in [9.17, 15) is 0 Å². The van der Waals surface area contributed by atoms with Crippen molar-refractivity contribution in [3.8, 4) is 27.1 Å². The van der Waals surface area contributed by atoms with Crippen LogP contribution in [0.1, 0.15) is 30.4 Å². The molecular formula is C22H19N7S2. The highest BCUT2D eigenvalue weighted by atomic mass is 32.1. The summed E-state index contributed by atoms with van der Waals surface area (Å²) in [5.74, 6) is 0.766. The third-order valence-electron chi connectivity index (χ3n) is 4.79. The van der Waals surface area contributed by atoms with E-state index in [0.717, 1.165) is 57.0 Å². The zero-order valence-electron chi connectivity index (χ0n) is 16.8. The first kappa shape index (κ1) is 19.7. The SMILES string of the molecule is CCCc1nc(-c2nccs2)cnc1Cc1ccnn1-c1ncccc1-c1nccs1. The van der Waals surface area contributed by atoms with E-state index in [1.807, 2.05) is 39.8 Å². The van der Waals surface area contributed by atoms with Gasteiger partial charge in [-0.1, -0.05) is 13.3 Å². The van der Waals surface area contributed by atoms with Gasteiger partial charge in [-0.05, 0) is 24.6 Å². The van der Waals surface area contributed by atoms with Gasteiger partial charge >= 0.3 is 0 Å². The molecule has 7 nitrogen and oxygen atoms in total. The van der Waals surface area contributed by atoms with Crippen LogP contribution < -0.4 is 0 Å². The normalized spacial score (nSPS) is 11.1. The molecule has 0 amide bonds. The molecule has 0 atom stereocenters. The lowest BCUT2D eigenvalue weighted by atomic mass is 10.1. The number of aromatic nitrogens is 7. The van der Waals surface area contributed by atoms with Crippen LogP contribution in [0.25, 0.3) is 27.1 Å². The van der Waals surface area contributed by atoms with Crippen molar-refractivity contribution in [1.29, 1.82) is 0 Å². The summed E-state index contributed by atoms with van der Waals surface area (Å²) < 4.78 is 1.88. The minimum Gasteiger partial charge on any atom is -0.257 e. The van der Waals surface area contributed by atoms with E-state index in [4.69, 9.17) is 9.97 Å². The Balaban J connectivity index is 1.52. The molecule has 0 saturated carbocycles. The smallest absolute Gasteiger partial charge is 0.163 e. The van der Waals surface area contributed by atoms with Gasteiger partial charge in [0.2, 0.25) is 0 Å². The van der Waals surface area contributed by atoms with Crippen molar-refractivity contribution in [2.45, 2.75) is 26.2 Å². The number of pyridine rings is 1. The van der Waals surface area contributed by atoms with Crippen LogP contribution in [-0.2, 0) is 12.8 Å². The Morgan fingerprint density at radius 2 is 1.71 bits per heavy atom. The summed E-state index contributed by atoms with van der Waals surface area (Å²) in [6.07, 6.45) is 11.5. The van der Waals surface area contributed by atoms with Gasteiger partial charge in [0.1, 0.15) is 15.7 Å². The molecule has 154 valence electrons. The molecule has 0 fully saturated rings. The van der Waals surface area contributed by atoms with E-state index < -0.39 is 0 Å². The molecule has 31 heavy (non-hydrogen) atoms. The Hall–Kier alpha value is -3.30. The minimum absolute atomic E-state index is 0.619. The van der Waals surface area contributed by atoms with Crippen LogP contribution in [0.4, 0.5) is 0 Å². The number of aryl methyl sites for hydroxylation is 1. The van der Waals surface area contributed by atoms with Gasteiger partial charge < -0.3 is 0 Å². The molecule has 0 unspecified atom stereocenters. The standard InChI is InChI=1S/C22H19N7S2/c1-2-4-17-18(26-14-19(28-17)22-25-10-12-31-22)13-15-6-8-27-29(15)20-16(5-3-7-23-20)21-24-9-11-30-21/h3,5-12,14H,2,4,13H2,1H3. The maximum atomic E-state index is 4.88. The van der Waals surface area contributed by atoms with Gasteiger partial charge in [0.25, 0.3) is 0 Å². The van der Waals surface area contributed by atoms with Gasteiger partial charge in [-0.15, -0.1) is 22.7 Å². The molecule has 0 radical (unpaired) electrons. The van der Waals surface area contributed by atoms with Crippen LogP contribution in [0.15, 0.2) is 59.9 Å². The molecule has 0 N–H and O–H groups in total. The second kappa shape index (κ2) is 8.83. The first-order chi connectivity index (χ1) is 15.3. The van der Waals surface area contributed by atoms with Crippen molar-refractivity contribution in [2.75, 3.05) is 0 Å². The highest BCUT2D eigenvalue weighted by molar-refractivity contribution is 7.13. The summed E-state index contributed by atoms with van der Waals surface area (Å²) in [5, 5.41) is 10.3. The molecule has 0 spiro atoms. The second-order valence-corrected chi connectivity index (χ2v) is 8.65. The highest BCUT2D eigenvalue weighted by Crippen LogP contribution is 2.28. The molecule has 9 heteroatoms. The summed E-state index contributed by atoms with van der Waals surface area (Å²) in [4.78, 5) is 23.1. The molecule has 0 bridgehead atoms. The molecular weight excluding hydrogens is 426 g/mol. The quantitative estimate of drug-likeness (QED) is 0.356. The van der Waals surface area contributed by atoms with Crippen LogP contribution in [0.2, 0.25) is 0 Å². The first-order valence-corrected chi connectivity index (χ1v) is 11.7. The average Bonchev–Trinajstić information content (AvgIpc) is 3.57. The lowest BCUT2D eigenvalue weighted by Gasteiger charge is -2.12. The van der Waals surface area contributed by atoms with Crippen molar-refractivity contribution in [2.24, 2.45) is 0 Å². The Morgan fingerprint density at radius 3 is 2.48 bits per heavy atom. The van der Waals surface area contributed by atoms with Crippen molar-refractivity contribution < 1.29 is 0 Å². The van der Waals surface area contributed by atoms with E-state index in [1.165, 1.54) is 0 Å².